The van der Waals surface area contributed by atoms with Crippen LogP contribution >= 0.6 is 24.0 Å². The Labute approximate surface area is 189 Å². The van der Waals surface area contributed by atoms with Crippen LogP contribution in [0.5, 0.6) is 0 Å². The number of aryl methyl sites for hydroxylation is 2. The molecule has 28 heavy (non-hydrogen) atoms. The molecule has 6 nitrogen and oxygen atoms in total. The second-order valence-corrected chi connectivity index (χ2v) is 8.15. The Balaban J connectivity index is 0.00000392. The molecule has 1 fully saturated rings. The van der Waals surface area contributed by atoms with E-state index in [-0.39, 0.29) is 24.0 Å². The number of guanidine groups is 1. The van der Waals surface area contributed by atoms with Crippen LogP contribution in [-0.4, -0.2) is 59.9 Å². The molecule has 7 heteroatoms. The van der Waals surface area contributed by atoms with Gasteiger partial charge >= 0.3 is 0 Å². The molecule has 1 unspecified atom stereocenters. The quantitative estimate of drug-likeness (QED) is 0.247. The summed E-state index contributed by atoms with van der Waals surface area (Å²) in [5.74, 6) is 0.891. The first-order valence-electron chi connectivity index (χ1n) is 10.6. The highest BCUT2D eigenvalue weighted by atomic mass is 127. The van der Waals surface area contributed by atoms with Crippen LogP contribution in [0.3, 0.4) is 0 Å². The average molecular weight is 505 g/mol. The third-order valence-corrected chi connectivity index (χ3v) is 5.95. The number of rotatable bonds is 8. The average Bonchev–Trinajstić information content (AvgIpc) is 2.90. The molecule has 1 aromatic rings. The molecular weight excluding hydrogens is 463 g/mol. The molecule has 1 saturated carbocycles. The lowest BCUT2D eigenvalue weighted by molar-refractivity contribution is 0.190. The fraction of sp³-hybridized carbons (Fsp3) is 0.810. The van der Waals surface area contributed by atoms with Crippen LogP contribution in [0.25, 0.3) is 0 Å². The normalized spacial score (nSPS) is 16.8. The maximum atomic E-state index is 4.52. The van der Waals surface area contributed by atoms with Crippen molar-refractivity contribution < 1.29 is 0 Å². The predicted molar refractivity (Wildman–Crippen MR) is 130 cm³/mol. The molecule has 2 N–H and O–H groups in total. The summed E-state index contributed by atoms with van der Waals surface area (Å²) in [6.07, 6.45) is 9.06. The van der Waals surface area contributed by atoms with E-state index < -0.39 is 0 Å². The van der Waals surface area contributed by atoms with E-state index in [1.165, 1.54) is 43.4 Å². The van der Waals surface area contributed by atoms with Gasteiger partial charge in [-0.2, -0.15) is 5.10 Å². The van der Waals surface area contributed by atoms with Crippen LogP contribution in [0.2, 0.25) is 0 Å². The zero-order valence-electron chi connectivity index (χ0n) is 18.7. The first kappa shape index (κ1) is 25.2. The van der Waals surface area contributed by atoms with Crippen molar-refractivity contribution >= 4 is 29.9 Å². The van der Waals surface area contributed by atoms with Gasteiger partial charge in [0.15, 0.2) is 5.96 Å². The highest BCUT2D eigenvalue weighted by Crippen LogP contribution is 2.21. The van der Waals surface area contributed by atoms with Crippen molar-refractivity contribution in [3.05, 3.63) is 17.0 Å². The fourth-order valence-electron chi connectivity index (χ4n) is 4.14. The summed E-state index contributed by atoms with van der Waals surface area (Å²) in [6.45, 7) is 8.53. The molecule has 162 valence electrons. The Morgan fingerprint density at radius 1 is 1.29 bits per heavy atom. The Hall–Kier alpha value is -0.830. The van der Waals surface area contributed by atoms with Gasteiger partial charge in [0.2, 0.25) is 0 Å². The van der Waals surface area contributed by atoms with Crippen molar-refractivity contribution in [2.75, 3.05) is 27.2 Å². The van der Waals surface area contributed by atoms with E-state index in [2.05, 4.69) is 53.4 Å². The van der Waals surface area contributed by atoms with Gasteiger partial charge in [-0.05, 0) is 65.6 Å². The van der Waals surface area contributed by atoms with Crippen molar-refractivity contribution in [3.63, 3.8) is 0 Å². The summed E-state index contributed by atoms with van der Waals surface area (Å²) in [7, 11) is 6.13. The lowest BCUT2D eigenvalue weighted by Gasteiger charge is -2.31. The highest BCUT2D eigenvalue weighted by molar-refractivity contribution is 14.0. The maximum Gasteiger partial charge on any atom is 0.191 e. The van der Waals surface area contributed by atoms with Gasteiger partial charge in [0, 0.05) is 38.4 Å². The van der Waals surface area contributed by atoms with Crippen LogP contribution in [0.1, 0.15) is 62.4 Å². The van der Waals surface area contributed by atoms with Gasteiger partial charge in [-0.1, -0.05) is 19.3 Å². The molecule has 1 heterocycles. The summed E-state index contributed by atoms with van der Waals surface area (Å²) in [5, 5.41) is 11.5. The Kier molecular flexibility index (Phi) is 11.4. The van der Waals surface area contributed by atoms with Crippen molar-refractivity contribution in [2.24, 2.45) is 12.0 Å². The van der Waals surface area contributed by atoms with Crippen LogP contribution in [0.15, 0.2) is 4.99 Å². The highest BCUT2D eigenvalue weighted by Gasteiger charge is 2.17. The van der Waals surface area contributed by atoms with Gasteiger partial charge in [-0.25, -0.2) is 0 Å². The number of halogens is 1. The maximum absolute atomic E-state index is 4.52. The molecule has 1 atom stereocenters. The fourth-order valence-corrected chi connectivity index (χ4v) is 4.14. The number of hydrogen-bond acceptors (Lipinski definition) is 3. The van der Waals surface area contributed by atoms with E-state index in [1.54, 1.807) is 0 Å². The monoisotopic (exact) mass is 504 g/mol. The Bertz CT molecular complexity index is 606. The number of nitrogens with zero attached hydrogens (tertiary/aromatic N) is 4. The third kappa shape index (κ3) is 7.54. The molecule has 1 aliphatic carbocycles. The molecule has 0 aromatic carbocycles. The molecule has 0 spiro atoms. The Morgan fingerprint density at radius 2 is 1.96 bits per heavy atom. The molecule has 0 radical (unpaired) electrons. The van der Waals surface area contributed by atoms with Gasteiger partial charge < -0.3 is 15.5 Å². The van der Waals surface area contributed by atoms with E-state index in [1.807, 2.05) is 18.8 Å². The van der Waals surface area contributed by atoms with Gasteiger partial charge in [0.25, 0.3) is 0 Å². The minimum Gasteiger partial charge on any atom is -0.356 e. The second kappa shape index (κ2) is 12.7. The number of aromatic nitrogens is 2. The first-order valence-corrected chi connectivity index (χ1v) is 10.6. The lowest BCUT2D eigenvalue weighted by Crippen LogP contribution is -2.44. The summed E-state index contributed by atoms with van der Waals surface area (Å²) in [5.41, 5.74) is 3.70. The zero-order chi connectivity index (χ0) is 19.8. The molecule has 0 bridgehead atoms. The summed E-state index contributed by atoms with van der Waals surface area (Å²) >= 11 is 0. The summed E-state index contributed by atoms with van der Waals surface area (Å²) in [4.78, 5) is 6.94. The van der Waals surface area contributed by atoms with Gasteiger partial charge in [0.1, 0.15) is 0 Å². The zero-order valence-corrected chi connectivity index (χ0v) is 21.0. The predicted octanol–water partition coefficient (Wildman–Crippen LogP) is 3.41. The van der Waals surface area contributed by atoms with Crippen LogP contribution in [-0.2, 0) is 13.5 Å². The minimum atomic E-state index is 0. The number of aliphatic imine (C=N–C) groups is 1. The van der Waals surface area contributed by atoms with E-state index in [0.29, 0.717) is 6.04 Å². The minimum absolute atomic E-state index is 0. The van der Waals surface area contributed by atoms with Crippen LogP contribution < -0.4 is 10.6 Å². The number of hydrogen-bond donors (Lipinski definition) is 2. The second-order valence-electron chi connectivity index (χ2n) is 8.15. The van der Waals surface area contributed by atoms with Crippen molar-refractivity contribution in [3.8, 4) is 0 Å². The van der Waals surface area contributed by atoms with E-state index >= 15 is 0 Å². The van der Waals surface area contributed by atoms with E-state index in [0.717, 1.165) is 43.6 Å². The van der Waals surface area contributed by atoms with Crippen LogP contribution in [0, 0.1) is 13.8 Å². The molecular formula is C21H41IN6. The van der Waals surface area contributed by atoms with Crippen LogP contribution in [0.4, 0.5) is 0 Å². The smallest absolute Gasteiger partial charge is 0.191 e. The molecule has 1 aromatic heterocycles. The first-order chi connectivity index (χ1) is 12.9. The molecule has 2 rings (SSSR count). The van der Waals surface area contributed by atoms with Gasteiger partial charge in [0.05, 0.1) is 5.69 Å². The van der Waals surface area contributed by atoms with Gasteiger partial charge in [-0.3, -0.25) is 9.67 Å². The third-order valence-electron chi connectivity index (χ3n) is 5.95. The summed E-state index contributed by atoms with van der Waals surface area (Å²) in [6, 6.07) is 1.10. The topological polar surface area (TPSA) is 57.5 Å². The van der Waals surface area contributed by atoms with Crippen molar-refractivity contribution in [1.82, 2.24) is 25.3 Å². The molecule has 0 saturated heterocycles. The summed E-state index contributed by atoms with van der Waals surface area (Å²) < 4.78 is 1.97. The number of nitrogens with one attached hydrogen (secondary N) is 2. The van der Waals surface area contributed by atoms with E-state index in [4.69, 9.17) is 0 Å². The molecule has 0 aliphatic heterocycles. The molecule has 0 amide bonds. The van der Waals surface area contributed by atoms with Crippen molar-refractivity contribution in [1.29, 1.82) is 0 Å². The molecule has 1 aliphatic rings. The van der Waals surface area contributed by atoms with Gasteiger partial charge in [-0.15, -0.1) is 24.0 Å². The largest absolute Gasteiger partial charge is 0.356 e. The van der Waals surface area contributed by atoms with Crippen molar-refractivity contribution in [2.45, 2.75) is 77.8 Å². The standard InChI is InChI=1S/C21H40N6.HI/c1-16(15-20-17(2)25-27(6)18(20)3)24-21(22-4)23-13-10-14-26(5)19-11-8-7-9-12-19;/h16,19H,7-15H2,1-6H3,(H2,22,23,24);1H. The van der Waals surface area contributed by atoms with E-state index in [9.17, 15) is 0 Å². The SMILES string of the molecule is CN=C(NCCCN(C)C1CCCCC1)NC(C)Cc1c(C)nn(C)c1C.I. The lowest BCUT2D eigenvalue weighted by atomic mass is 9.94. The Morgan fingerprint density at radius 3 is 2.54 bits per heavy atom.